The second-order valence-electron chi connectivity index (χ2n) is 4.35. The highest BCUT2D eigenvalue weighted by Crippen LogP contribution is 2.33. The summed E-state index contributed by atoms with van der Waals surface area (Å²) < 4.78 is 6.69. The van der Waals surface area contributed by atoms with Crippen LogP contribution in [0.25, 0.3) is 0 Å². The van der Waals surface area contributed by atoms with Crippen molar-refractivity contribution in [2.24, 2.45) is 5.92 Å². The highest BCUT2D eigenvalue weighted by Gasteiger charge is 2.22. The minimum absolute atomic E-state index is 0.0206. The number of esters is 1. The minimum Gasteiger partial charge on any atom is -0.469 e. The number of benzene rings is 1. The first kappa shape index (κ1) is 15.5. The van der Waals surface area contributed by atoms with Gasteiger partial charge in [0.15, 0.2) is 0 Å². The summed E-state index contributed by atoms with van der Waals surface area (Å²) in [6, 6.07) is 4.04. The lowest BCUT2D eigenvalue weighted by Crippen LogP contribution is -2.31. The highest BCUT2D eigenvalue weighted by atomic mass is 79.9. The molecule has 18 heavy (non-hydrogen) atoms. The van der Waals surface area contributed by atoms with Gasteiger partial charge in [0, 0.05) is 15.0 Å². The third kappa shape index (κ3) is 3.72. The van der Waals surface area contributed by atoms with E-state index in [2.05, 4.69) is 37.2 Å². The summed E-state index contributed by atoms with van der Waals surface area (Å²) in [5.74, 6) is -0.426. The minimum atomic E-state index is -0.214. The Bertz CT molecular complexity index is 426. The van der Waals surface area contributed by atoms with Crippen molar-refractivity contribution in [1.82, 2.24) is 0 Å². The lowest BCUT2D eigenvalue weighted by atomic mass is 10.0. The Kier molecular flexibility index (Phi) is 5.66. The van der Waals surface area contributed by atoms with E-state index in [1.54, 1.807) is 0 Å². The van der Waals surface area contributed by atoms with Crippen LogP contribution in [0.5, 0.6) is 0 Å². The van der Waals surface area contributed by atoms with Crippen LogP contribution in [0.3, 0.4) is 0 Å². The molecule has 1 aromatic rings. The zero-order valence-electron chi connectivity index (χ0n) is 10.9. The molecule has 2 atom stereocenters. The van der Waals surface area contributed by atoms with Crippen molar-refractivity contribution in [2.75, 3.05) is 12.4 Å². The van der Waals surface area contributed by atoms with E-state index in [0.717, 1.165) is 20.2 Å². The van der Waals surface area contributed by atoms with E-state index in [1.807, 2.05) is 32.9 Å². The van der Waals surface area contributed by atoms with Crippen LogP contribution in [0.15, 0.2) is 21.1 Å². The number of aryl methyl sites for hydroxylation is 1. The molecule has 0 aliphatic heterocycles. The molecule has 100 valence electrons. The van der Waals surface area contributed by atoms with Crippen molar-refractivity contribution in [2.45, 2.75) is 26.8 Å². The van der Waals surface area contributed by atoms with Gasteiger partial charge in [0.2, 0.25) is 0 Å². The van der Waals surface area contributed by atoms with Gasteiger partial charge in [0.25, 0.3) is 0 Å². The average molecular weight is 379 g/mol. The third-order valence-electron chi connectivity index (χ3n) is 2.88. The Morgan fingerprint density at radius 3 is 2.22 bits per heavy atom. The van der Waals surface area contributed by atoms with Crippen LogP contribution in [0.1, 0.15) is 19.4 Å². The monoisotopic (exact) mass is 377 g/mol. The number of hydrogen-bond donors (Lipinski definition) is 1. The number of hydrogen-bond acceptors (Lipinski definition) is 3. The lowest BCUT2D eigenvalue weighted by molar-refractivity contribution is -0.145. The second-order valence-corrected chi connectivity index (χ2v) is 6.06. The molecule has 0 saturated heterocycles. The van der Waals surface area contributed by atoms with Gasteiger partial charge in [-0.3, -0.25) is 4.79 Å². The first-order valence-electron chi connectivity index (χ1n) is 5.66. The summed E-state index contributed by atoms with van der Waals surface area (Å²) in [6.45, 7) is 5.83. The smallest absolute Gasteiger partial charge is 0.310 e. The predicted molar refractivity (Wildman–Crippen MR) is 80.8 cm³/mol. The zero-order valence-corrected chi connectivity index (χ0v) is 14.1. The van der Waals surface area contributed by atoms with Crippen molar-refractivity contribution in [3.05, 3.63) is 26.6 Å². The van der Waals surface area contributed by atoms with Crippen LogP contribution >= 0.6 is 31.9 Å². The maximum absolute atomic E-state index is 11.5. The molecule has 0 aliphatic carbocycles. The molecular formula is C13H17Br2NO2. The van der Waals surface area contributed by atoms with Gasteiger partial charge >= 0.3 is 5.97 Å². The van der Waals surface area contributed by atoms with Crippen molar-refractivity contribution in [3.63, 3.8) is 0 Å². The van der Waals surface area contributed by atoms with Gasteiger partial charge in [-0.25, -0.2) is 0 Å². The Morgan fingerprint density at radius 2 is 1.78 bits per heavy atom. The molecule has 0 fully saturated rings. The molecule has 0 heterocycles. The summed E-state index contributed by atoms with van der Waals surface area (Å²) in [7, 11) is 1.41. The fourth-order valence-electron chi connectivity index (χ4n) is 1.58. The Hall–Kier alpha value is -0.550. The summed E-state index contributed by atoms with van der Waals surface area (Å²) in [5, 5.41) is 3.33. The molecule has 5 heteroatoms. The second kappa shape index (κ2) is 6.57. The van der Waals surface area contributed by atoms with Gasteiger partial charge in [-0.15, -0.1) is 0 Å². The van der Waals surface area contributed by atoms with Crippen LogP contribution in [-0.2, 0) is 9.53 Å². The van der Waals surface area contributed by atoms with E-state index in [-0.39, 0.29) is 17.9 Å². The quantitative estimate of drug-likeness (QED) is 0.800. The maximum atomic E-state index is 11.5. The van der Waals surface area contributed by atoms with Gasteiger partial charge in [-0.05, 0) is 70.3 Å². The standard InChI is InChI=1S/C13H17Br2NO2/c1-7-5-10(14)12(11(15)6-7)16-9(3)8(2)13(17)18-4/h5-6,8-9,16H,1-4H3. The Morgan fingerprint density at radius 1 is 1.28 bits per heavy atom. The molecular weight excluding hydrogens is 362 g/mol. The zero-order chi connectivity index (χ0) is 13.9. The maximum Gasteiger partial charge on any atom is 0.310 e. The fourth-order valence-corrected chi connectivity index (χ4v) is 3.22. The first-order chi connectivity index (χ1) is 8.36. The third-order valence-corrected chi connectivity index (χ3v) is 4.13. The average Bonchev–Trinajstić information content (AvgIpc) is 2.31. The Balaban J connectivity index is 2.88. The van der Waals surface area contributed by atoms with Crippen molar-refractivity contribution in [1.29, 1.82) is 0 Å². The van der Waals surface area contributed by atoms with E-state index in [1.165, 1.54) is 7.11 Å². The van der Waals surface area contributed by atoms with Crippen LogP contribution in [0, 0.1) is 12.8 Å². The first-order valence-corrected chi connectivity index (χ1v) is 7.25. The largest absolute Gasteiger partial charge is 0.469 e. The number of methoxy groups -OCH3 is 1. The number of carbonyl (C=O) groups is 1. The molecule has 0 aliphatic rings. The van der Waals surface area contributed by atoms with Gasteiger partial charge in [-0.2, -0.15) is 0 Å². The van der Waals surface area contributed by atoms with Crippen molar-refractivity contribution in [3.8, 4) is 0 Å². The fraction of sp³-hybridized carbons (Fsp3) is 0.462. The summed E-state index contributed by atoms with van der Waals surface area (Å²) in [6.07, 6.45) is 0. The van der Waals surface area contributed by atoms with E-state index in [9.17, 15) is 4.79 Å². The summed E-state index contributed by atoms with van der Waals surface area (Å²) in [5.41, 5.74) is 2.11. The number of ether oxygens (including phenoxy) is 1. The predicted octanol–water partition coefficient (Wildman–Crippen LogP) is 4.13. The van der Waals surface area contributed by atoms with Crippen LogP contribution in [0.4, 0.5) is 5.69 Å². The van der Waals surface area contributed by atoms with Gasteiger partial charge in [0.05, 0.1) is 18.7 Å². The van der Waals surface area contributed by atoms with Gasteiger partial charge in [0.1, 0.15) is 0 Å². The van der Waals surface area contributed by atoms with Crippen LogP contribution in [-0.4, -0.2) is 19.1 Å². The Labute approximate surface area is 125 Å². The number of rotatable bonds is 4. The molecule has 0 bridgehead atoms. The van der Waals surface area contributed by atoms with Crippen LogP contribution in [0.2, 0.25) is 0 Å². The molecule has 2 unspecified atom stereocenters. The van der Waals surface area contributed by atoms with Gasteiger partial charge in [-0.1, -0.05) is 0 Å². The SMILES string of the molecule is COC(=O)C(C)C(C)Nc1c(Br)cc(C)cc1Br. The van der Waals surface area contributed by atoms with E-state index in [4.69, 9.17) is 4.74 Å². The normalized spacial score (nSPS) is 13.9. The number of anilines is 1. The molecule has 1 rings (SSSR count). The highest BCUT2D eigenvalue weighted by molar-refractivity contribution is 9.11. The molecule has 0 amide bonds. The van der Waals surface area contributed by atoms with E-state index < -0.39 is 0 Å². The van der Waals surface area contributed by atoms with Gasteiger partial charge < -0.3 is 10.1 Å². The molecule has 1 N–H and O–H groups in total. The topological polar surface area (TPSA) is 38.3 Å². The summed E-state index contributed by atoms with van der Waals surface area (Å²) >= 11 is 7.04. The lowest BCUT2D eigenvalue weighted by Gasteiger charge is -2.22. The molecule has 1 aromatic carbocycles. The van der Waals surface area contributed by atoms with Crippen LogP contribution < -0.4 is 5.32 Å². The number of carbonyl (C=O) groups excluding carboxylic acids is 1. The number of nitrogens with one attached hydrogen (secondary N) is 1. The molecule has 0 saturated carbocycles. The molecule has 0 radical (unpaired) electrons. The molecule has 0 aromatic heterocycles. The summed E-state index contributed by atoms with van der Waals surface area (Å²) in [4.78, 5) is 11.5. The van der Waals surface area contributed by atoms with E-state index in [0.29, 0.717) is 0 Å². The molecule has 0 spiro atoms. The van der Waals surface area contributed by atoms with Crippen molar-refractivity contribution < 1.29 is 9.53 Å². The molecule has 3 nitrogen and oxygen atoms in total. The van der Waals surface area contributed by atoms with Crippen molar-refractivity contribution >= 4 is 43.5 Å². The van der Waals surface area contributed by atoms with E-state index >= 15 is 0 Å². The number of halogens is 2.